The second-order valence-corrected chi connectivity index (χ2v) is 4.93. The van der Waals surface area contributed by atoms with E-state index < -0.39 is 23.9 Å². The van der Waals surface area contributed by atoms with E-state index in [1.165, 1.54) is 23.1 Å². The zero-order valence-corrected chi connectivity index (χ0v) is 12.2. The number of rotatable bonds is 2. The molecule has 1 saturated heterocycles. The Bertz CT molecular complexity index is 592. The second-order valence-electron chi connectivity index (χ2n) is 4.93. The van der Waals surface area contributed by atoms with Crippen LogP contribution in [0.25, 0.3) is 0 Å². The zero-order valence-electron chi connectivity index (χ0n) is 12.2. The van der Waals surface area contributed by atoms with E-state index in [9.17, 15) is 22.8 Å². The highest BCUT2D eigenvalue weighted by molar-refractivity contribution is 6.39. The first-order valence-corrected chi connectivity index (χ1v) is 6.83. The summed E-state index contributed by atoms with van der Waals surface area (Å²) < 4.78 is 46.1. The molecule has 0 aliphatic carbocycles. The number of carbonyl (C=O) groups is 2. The molecule has 23 heavy (non-hydrogen) atoms. The van der Waals surface area contributed by atoms with Gasteiger partial charge in [0.2, 0.25) is 0 Å². The van der Waals surface area contributed by atoms with Crippen LogP contribution in [-0.2, 0) is 14.3 Å². The number of nitrogens with zero attached hydrogens (tertiary/aromatic N) is 1. The first-order chi connectivity index (χ1) is 10.8. The van der Waals surface area contributed by atoms with Crippen molar-refractivity contribution >= 4 is 17.5 Å². The van der Waals surface area contributed by atoms with Crippen LogP contribution in [-0.4, -0.2) is 48.9 Å². The SMILES string of the molecule is C[C@@H]1CN(C(=O)C(=O)Nc2ccccc2OC(F)(F)F)CCO1. The Balaban J connectivity index is 2.06. The van der Waals surface area contributed by atoms with Crippen molar-refractivity contribution in [1.82, 2.24) is 4.90 Å². The topological polar surface area (TPSA) is 67.9 Å². The summed E-state index contributed by atoms with van der Waals surface area (Å²) in [5.74, 6) is -2.45. The number of benzene rings is 1. The monoisotopic (exact) mass is 332 g/mol. The molecule has 2 amide bonds. The molecule has 1 heterocycles. The first kappa shape index (κ1) is 17.1. The Hall–Kier alpha value is -2.29. The van der Waals surface area contributed by atoms with Gasteiger partial charge in [-0.2, -0.15) is 0 Å². The smallest absolute Gasteiger partial charge is 0.404 e. The van der Waals surface area contributed by atoms with Crippen LogP contribution < -0.4 is 10.1 Å². The van der Waals surface area contributed by atoms with E-state index in [1.54, 1.807) is 6.92 Å². The molecular weight excluding hydrogens is 317 g/mol. The van der Waals surface area contributed by atoms with Crippen molar-refractivity contribution in [3.05, 3.63) is 24.3 Å². The maximum atomic E-state index is 12.3. The maximum Gasteiger partial charge on any atom is 0.573 e. The summed E-state index contributed by atoms with van der Waals surface area (Å²) in [6, 6.07) is 5.00. The van der Waals surface area contributed by atoms with Gasteiger partial charge in [-0.3, -0.25) is 9.59 Å². The van der Waals surface area contributed by atoms with Crippen molar-refractivity contribution in [1.29, 1.82) is 0 Å². The zero-order chi connectivity index (χ0) is 17.0. The molecule has 0 unspecified atom stereocenters. The van der Waals surface area contributed by atoms with Crippen molar-refractivity contribution in [3.8, 4) is 5.75 Å². The molecule has 6 nitrogen and oxygen atoms in total. The quantitative estimate of drug-likeness (QED) is 0.838. The summed E-state index contributed by atoms with van der Waals surface area (Å²) in [6.45, 7) is 2.54. The fourth-order valence-corrected chi connectivity index (χ4v) is 2.11. The van der Waals surface area contributed by atoms with Gasteiger partial charge in [-0.25, -0.2) is 0 Å². The number of hydrogen-bond acceptors (Lipinski definition) is 4. The van der Waals surface area contributed by atoms with Crippen molar-refractivity contribution in [3.63, 3.8) is 0 Å². The molecule has 0 aromatic heterocycles. The van der Waals surface area contributed by atoms with Gasteiger partial charge in [0, 0.05) is 13.1 Å². The van der Waals surface area contributed by atoms with E-state index in [2.05, 4.69) is 10.1 Å². The molecule has 0 saturated carbocycles. The van der Waals surface area contributed by atoms with E-state index in [0.29, 0.717) is 6.61 Å². The molecule has 1 aliphatic rings. The molecule has 1 N–H and O–H groups in total. The minimum absolute atomic E-state index is 0.207. The van der Waals surface area contributed by atoms with Gasteiger partial charge in [-0.1, -0.05) is 12.1 Å². The van der Waals surface area contributed by atoms with Crippen LogP contribution in [0.3, 0.4) is 0 Å². The standard InChI is InChI=1S/C14H15F3N2O4/c1-9-8-19(6-7-22-9)13(21)12(20)18-10-4-2-3-5-11(10)23-14(15,16)17/h2-5,9H,6-8H2,1H3,(H,18,20)/t9-/m1/s1. The van der Waals surface area contributed by atoms with Gasteiger partial charge < -0.3 is 19.7 Å². The van der Waals surface area contributed by atoms with Crippen LogP contribution in [0, 0.1) is 0 Å². The number of para-hydroxylation sites is 2. The van der Waals surface area contributed by atoms with Crippen LogP contribution in [0.4, 0.5) is 18.9 Å². The highest BCUT2D eigenvalue weighted by Crippen LogP contribution is 2.29. The number of ether oxygens (including phenoxy) is 2. The summed E-state index contributed by atoms with van der Waals surface area (Å²) in [5, 5.41) is 2.15. The van der Waals surface area contributed by atoms with Gasteiger partial charge in [0.15, 0.2) is 5.75 Å². The Labute approximate surface area is 130 Å². The highest BCUT2D eigenvalue weighted by atomic mass is 19.4. The summed E-state index contributed by atoms with van der Waals surface area (Å²) >= 11 is 0. The molecule has 2 rings (SSSR count). The van der Waals surface area contributed by atoms with E-state index >= 15 is 0 Å². The molecule has 0 bridgehead atoms. The predicted molar refractivity (Wildman–Crippen MR) is 73.7 cm³/mol. The van der Waals surface area contributed by atoms with E-state index in [0.717, 1.165) is 6.07 Å². The fraction of sp³-hybridized carbons (Fsp3) is 0.429. The van der Waals surface area contributed by atoms with Gasteiger partial charge in [0.25, 0.3) is 0 Å². The molecule has 1 aromatic rings. The lowest BCUT2D eigenvalue weighted by molar-refractivity contribution is -0.274. The molecule has 9 heteroatoms. The number of hydrogen-bond donors (Lipinski definition) is 1. The lowest BCUT2D eigenvalue weighted by atomic mass is 10.2. The Kier molecular flexibility index (Phi) is 5.09. The third kappa shape index (κ3) is 4.85. The summed E-state index contributed by atoms with van der Waals surface area (Å²) in [5.41, 5.74) is -0.232. The van der Waals surface area contributed by atoms with E-state index in [4.69, 9.17) is 4.74 Å². The van der Waals surface area contributed by atoms with Crippen LogP contribution >= 0.6 is 0 Å². The Morgan fingerprint density at radius 3 is 2.70 bits per heavy atom. The van der Waals surface area contributed by atoms with Gasteiger partial charge in [0.05, 0.1) is 18.4 Å². The summed E-state index contributed by atoms with van der Waals surface area (Å²) in [7, 11) is 0. The number of carbonyl (C=O) groups excluding carboxylic acids is 2. The van der Waals surface area contributed by atoms with Crippen LogP contribution in [0.2, 0.25) is 0 Å². The largest absolute Gasteiger partial charge is 0.573 e. The lowest BCUT2D eigenvalue weighted by Gasteiger charge is -2.30. The molecule has 126 valence electrons. The maximum absolute atomic E-state index is 12.3. The molecule has 1 aromatic carbocycles. The van der Waals surface area contributed by atoms with Gasteiger partial charge in [0.1, 0.15) is 0 Å². The van der Waals surface area contributed by atoms with Crippen LogP contribution in [0.15, 0.2) is 24.3 Å². The molecule has 0 radical (unpaired) electrons. The molecule has 1 aliphatic heterocycles. The second kappa shape index (κ2) is 6.86. The Morgan fingerprint density at radius 2 is 2.04 bits per heavy atom. The van der Waals surface area contributed by atoms with Crippen molar-refractivity contribution in [2.75, 3.05) is 25.0 Å². The third-order valence-corrected chi connectivity index (χ3v) is 3.08. The van der Waals surface area contributed by atoms with Gasteiger partial charge >= 0.3 is 18.2 Å². The lowest BCUT2D eigenvalue weighted by Crippen LogP contribution is -2.48. The van der Waals surface area contributed by atoms with Gasteiger partial charge in [-0.15, -0.1) is 13.2 Å². The number of halogens is 3. The number of morpholine rings is 1. The van der Waals surface area contributed by atoms with E-state index in [-0.39, 0.29) is 24.9 Å². The normalized spacial score (nSPS) is 18.4. The van der Waals surface area contributed by atoms with Crippen molar-refractivity contribution < 1.29 is 32.2 Å². The number of nitrogens with one attached hydrogen (secondary N) is 1. The number of alkyl halides is 3. The summed E-state index contributed by atoms with van der Waals surface area (Å²) in [4.78, 5) is 25.3. The van der Waals surface area contributed by atoms with Crippen molar-refractivity contribution in [2.45, 2.75) is 19.4 Å². The highest BCUT2D eigenvalue weighted by Gasteiger charge is 2.33. The van der Waals surface area contributed by atoms with Crippen LogP contribution in [0.5, 0.6) is 5.75 Å². The first-order valence-electron chi connectivity index (χ1n) is 6.83. The number of amides is 2. The Morgan fingerprint density at radius 1 is 1.35 bits per heavy atom. The predicted octanol–water partition coefficient (Wildman–Crippen LogP) is 1.77. The minimum atomic E-state index is -4.90. The average Bonchev–Trinajstić information content (AvgIpc) is 2.47. The molecule has 1 atom stereocenters. The molecule has 1 fully saturated rings. The average molecular weight is 332 g/mol. The summed E-state index contributed by atoms with van der Waals surface area (Å²) in [6.07, 6.45) is -5.11. The van der Waals surface area contributed by atoms with E-state index in [1.807, 2.05) is 0 Å². The third-order valence-electron chi connectivity index (χ3n) is 3.08. The number of anilines is 1. The molecule has 0 spiro atoms. The fourth-order valence-electron chi connectivity index (χ4n) is 2.11. The van der Waals surface area contributed by atoms with Gasteiger partial charge in [-0.05, 0) is 19.1 Å². The van der Waals surface area contributed by atoms with Crippen LogP contribution in [0.1, 0.15) is 6.92 Å². The minimum Gasteiger partial charge on any atom is -0.404 e. The van der Waals surface area contributed by atoms with Crippen molar-refractivity contribution in [2.24, 2.45) is 0 Å². The molecular formula is C14H15F3N2O4.